The lowest BCUT2D eigenvalue weighted by Gasteiger charge is -2.16. The number of aryl methyl sites for hydroxylation is 1. The van der Waals surface area contributed by atoms with Crippen molar-refractivity contribution >= 4 is 40.3 Å². The number of rotatable bonds is 9. The topological polar surface area (TPSA) is 96.8 Å². The molecule has 0 fully saturated rings. The summed E-state index contributed by atoms with van der Waals surface area (Å²) in [5.74, 6) is 1.64. The summed E-state index contributed by atoms with van der Waals surface area (Å²) in [4.78, 5) is 40.8. The first-order valence-corrected chi connectivity index (χ1v) is 14.1. The molecule has 0 unspecified atom stereocenters. The molecule has 1 aromatic heterocycles. The highest BCUT2D eigenvalue weighted by molar-refractivity contribution is 5.98. The third-order valence-electron chi connectivity index (χ3n) is 7.39. The molecule has 5 aromatic rings. The smallest absolute Gasteiger partial charge is 0.259 e. The van der Waals surface area contributed by atoms with Gasteiger partial charge in [0.1, 0.15) is 11.6 Å². The molecule has 1 N–H and O–H groups in total. The third kappa shape index (κ3) is 6.13. The number of fused-ring (bicyclic) bond motifs is 2. The number of ketones is 1. The zero-order valence-corrected chi connectivity index (χ0v) is 24.3. The summed E-state index contributed by atoms with van der Waals surface area (Å²) in [6.07, 6.45) is 2.15. The summed E-state index contributed by atoms with van der Waals surface area (Å²) in [6, 6.07) is 27.0. The average Bonchev–Trinajstić information content (AvgIpc) is 3.48. The zero-order chi connectivity index (χ0) is 29.9. The van der Waals surface area contributed by atoms with Crippen molar-refractivity contribution < 1.29 is 14.3 Å². The Kier molecular flexibility index (Phi) is 7.66. The van der Waals surface area contributed by atoms with E-state index < -0.39 is 0 Å². The van der Waals surface area contributed by atoms with Gasteiger partial charge in [-0.1, -0.05) is 54.6 Å². The number of aliphatic imine (C=N–C) groups is 1. The quantitative estimate of drug-likeness (QED) is 0.213. The van der Waals surface area contributed by atoms with Gasteiger partial charge in [-0.2, -0.15) is 0 Å². The second kappa shape index (κ2) is 11.9. The van der Waals surface area contributed by atoms with Crippen LogP contribution in [0.4, 0.5) is 11.5 Å². The van der Waals surface area contributed by atoms with Gasteiger partial charge in [0.25, 0.3) is 5.91 Å². The summed E-state index contributed by atoms with van der Waals surface area (Å²) < 4.78 is 5.91. The first-order valence-electron chi connectivity index (χ1n) is 14.1. The number of anilines is 2. The normalized spacial score (nSPS) is 11.8. The minimum Gasteiger partial charge on any atom is -0.483 e. The van der Waals surface area contributed by atoms with Crippen LogP contribution < -0.4 is 10.1 Å². The predicted molar refractivity (Wildman–Crippen MR) is 169 cm³/mol. The van der Waals surface area contributed by atoms with Crippen molar-refractivity contribution in [2.75, 3.05) is 26.0 Å². The van der Waals surface area contributed by atoms with E-state index in [-0.39, 0.29) is 24.7 Å². The lowest BCUT2D eigenvalue weighted by Crippen LogP contribution is -2.27. The summed E-state index contributed by atoms with van der Waals surface area (Å²) in [5, 5.41) is 4.24. The monoisotopic (exact) mass is 569 g/mol. The van der Waals surface area contributed by atoms with Crippen molar-refractivity contribution in [1.29, 1.82) is 0 Å². The maximum atomic E-state index is 12.9. The second-order valence-corrected chi connectivity index (χ2v) is 10.8. The minimum absolute atomic E-state index is 0.0515. The fourth-order valence-electron chi connectivity index (χ4n) is 4.96. The van der Waals surface area contributed by atoms with Crippen LogP contribution in [-0.4, -0.2) is 53.5 Å². The van der Waals surface area contributed by atoms with Crippen molar-refractivity contribution in [3.05, 3.63) is 113 Å². The number of benzene rings is 4. The minimum atomic E-state index is -0.130. The largest absolute Gasteiger partial charge is 0.483 e. The number of amides is 1. The summed E-state index contributed by atoms with van der Waals surface area (Å²) in [6.45, 7) is 2.55. The predicted octanol–water partition coefficient (Wildman–Crippen LogP) is 6.17. The van der Waals surface area contributed by atoms with Crippen LogP contribution in [0.2, 0.25) is 0 Å². The molecule has 6 rings (SSSR count). The Bertz CT molecular complexity index is 1880. The fraction of sp³-hybridized carbons (Fsp3) is 0.171. The molecular formula is C35H31N5O3. The van der Waals surface area contributed by atoms with E-state index >= 15 is 0 Å². The number of carbonyl (C=O) groups is 2. The highest BCUT2D eigenvalue weighted by Gasteiger charge is 2.16. The number of nitrogens with zero attached hydrogens (tertiary/aromatic N) is 4. The van der Waals surface area contributed by atoms with E-state index in [0.29, 0.717) is 29.5 Å². The van der Waals surface area contributed by atoms with Crippen molar-refractivity contribution in [2.24, 2.45) is 4.99 Å². The molecule has 0 radical (unpaired) electrons. The van der Waals surface area contributed by atoms with Crippen molar-refractivity contribution in [3.8, 4) is 17.1 Å². The molecular weight excluding hydrogens is 538 g/mol. The molecule has 1 aliphatic rings. The van der Waals surface area contributed by atoms with E-state index in [1.54, 1.807) is 14.1 Å². The first kappa shape index (κ1) is 27.8. The first-order chi connectivity index (χ1) is 20.8. The number of ether oxygens (including phenoxy) is 1. The third-order valence-corrected chi connectivity index (χ3v) is 7.39. The van der Waals surface area contributed by atoms with E-state index in [1.807, 2.05) is 85.9 Å². The molecule has 4 aromatic carbocycles. The standard InChI is InChI=1S/C35H31N5O3/c1-22-14-30-29(18-32(22)43-21-33(42)40(2)3)35(37-28-13-12-26-19-36-20-27(26)17-28)39-34(38-30)25-11-7-8-23(15-25)16-31(41)24-9-5-4-6-10-24/h4-15,17-18,20H,16,19,21H2,1-3H3,(H,37,38,39). The summed E-state index contributed by atoms with van der Waals surface area (Å²) in [5.41, 5.74) is 7.06. The van der Waals surface area contributed by atoms with E-state index in [9.17, 15) is 9.59 Å². The van der Waals surface area contributed by atoms with Crippen molar-refractivity contribution in [1.82, 2.24) is 14.9 Å². The molecule has 43 heavy (non-hydrogen) atoms. The second-order valence-electron chi connectivity index (χ2n) is 10.8. The van der Waals surface area contributed by atoms with Crippen LogP contribution in [-0.2, 0) is 17.8 Å². The van der Waals surface area contributed by atoms with Gasteiger partial charge in [0.05, 0.1) is 12.1 Å². The van der Waals surface area contributed by atoms with Crippen LogP contribution in [0.5, 0.6) is 5.75 Å². The highest BCUT2D eigenvalue weighted by Crippen LogP contribution is 2.33. The lowest BCUT2D eigenvalue weighted by molar-refractivity contribution is -0.130. The molecule has 0 spiro atoms. The summed E-state index contributed by atoms with van der Waals surface area (Å²) in [7, 11) is 3.40. The van der Waals surface area contributed by atoms with Crippen LogP contribution in [0, 0.1) is 6.92 Å². The molecule has 2 heterocycles. The Morgan fingerprint density at radius 3 is 2.58 bits per heavy atom. The molecule has 1 aliphatic heterocycles. The molecule has 0 saturated carbocycles. The molecule has 0 bridgehead atoms. The van der Waals surface area contributed by atoms with E-state index in [0.717, 1.165) is 38.8 Å². The number of likely N-dealkylation sites (N-methyl/N-ethyl adjacent to an activating group) is 1. The molecule has 214 valence electrons. The van der Waals surface area contributed by atoms with Crippen LogP contribution >= 0.6 is 0 Å². The summed E-state index contributed by atoms with van der Waals surface area (Å²) >= 11 is 0. The van der Waals surface area contributed by atoms with Crippen LogP contribution in [0.3, 0.4) is 0 Å². The number of hydrogen-bond acceptors (Lipinski definition) is 7. The Morgan fingerprint density at radius 2 is 1.77 bits per heavy atom. The molecule has 0 atom stereocenters. The number of hydrogen-bond donors (Lipinski definition) is 1. The number of carbonyl (C=O) groups excluding carboxylic acids is 2. The van der Waals surface area contributed by atoms with Crippen LogP contribution in [0.1, 0.15) is 32.6 Å². The van der Waals surface area contributed by atoms with Crippen molar-refractivity contribution in [2.45, 2.75) is 19.9 Å². The van der Waals surface area contributed by atoms with Gasteiger partial charge in [-0.05, 0) is 59.5 Å². The number of aromatic nitrogens is 2. The van der Waals surface area contributed by atoms with Crippen LogP contribution in [0.15, 0.2) is 89.9 Å². The van der Waals surface area contributed by atoms with Gasteiger partial charge >= 0.3 is 0 Å². The van der Waals surface area contributed by atoms with Crippen molar-refractivity contribution in [3.63, 3.8) is 0 Å². The van der Waals surface area contributed by atoms with Gasteiger partial charge in [0.15, 0.2) is 18.2 Å². The maximum absolute atomic E-state index is 12.9. The Morgan fingerprint density at radius 1 is 0.930 bits per heavy atom. The van der Waals surface area contributed by atoms with E-state index in [4.69, 9.17) is 14.7 Å². The average molecular weight is 570 g/mol. The lowest BCUT2D eigenvalue weighted by atomic mass is 10.0. The molecule has 8 heteroatoms. The van der Waals surface area contributed by atoms with Gasteiger partial charge in [-0.15, -0.1) is 0 Å². The molecule has 0 aliphatic carbocycles. The zero-order valence-electron chi connectivity index (χ0n) is 24.3. The fourth-order valence-corrected chi connectivity index (χ4v) is 4.96. The molecule has 1 amide bonds. The van der Waals surface area contributed by atoms with Gasteiger partial charge in [0, 0.05) is 48.9 Å². The number of Topliss-reactive ketones (excluding diaryl/α,β-unsaturated/α-hetero) is 1. The maximum Gasteiger partial charge on any atom is 0.259 e. The van der Waals surface area contributed by atoms with E-state index in [2.05, 4.69) is 22.4 Å². The van der Waals surface area contributed by atoms with Crippen LogP contribution in [0.25, 0.3) is 22.3 Å². The van der Waals surface area contributed by atoms with Gasteiger partial charge in [-0.25, -0.2) is 9.97 Å². The van der Waals surface area contributed by atoms with E-state index in [1.165, 1.54) is 10.5 Å². The highest BCUT2D eigenvalue weighted by atomic mass is 16.5. The SMILES string of the molecule is Cc1cc2nc(-c3cccc(CC(=O)c4ccccc4)c3)nc(Nc3ccc4c(c3)C=NC4)c2cc1OCC(=O)N(C)C. The Labute approximate surface area is 250 Å². The Balaban J connectivity index is 1.39. The number of nitrogens with one attached hydrogen (secondary N) is 1. The molecule has 8 nitrogen and oxygen atoms in total. The van der Waals surface area contributed by atoms with Gasteiger partial charge in [-0.3, -0.25) is 14.6 Å². The van der Waals surface area contributed by atoms with Gasteiger partial charge in [0.2, 0.25) is 0 Å². The van der Waals surface area contributed by atoms with Gasteiger partial charge < -0.3 is 15.0 Å². The molecule has 0 saturated heterocycles. The Hall–Kier alpha value is -5.37.